The third-order valence-corrected chi connectivity index (χ3v) is 17.1. The van der Waals surface area contributed by atoms with E-state index in [9.17, 15) is 14.7 Å². The van der Waals surface area contributed by atoms with Gasteiger partial charge >= 0.3 is 5.97 Å². The number of aliphatic imine (C=N–C) groups is 2. The van der Waals surface area contributed by atoms with Crippen LogP contribution in [0.2, 0.25) is 0 Å². The maximum absolute atomic E-state index is 13.6. The van der Waals surface area contributed by atoms with Gasteiger partial charge in [-0.2, -0.15) is 10.2 Å². The zero-order valence-corrected chi connectivity index (χ0v) is 49.1. The number of nitrogens with zero attached hydrogens (tertiary/aromatic N) is 8. The van der Waals surface area contributed by atoms with E-state index in [1.165, 1.54) is 7.11 Å². The van der Waals surface area contributed by atoms with E-state index in [2.05, 4.69) is 193 Å². The number of carbonyl (C=O) groups excluding carboxylic acids is 2. The normalized spacial score (nSPS) is 12.9. The van der Waals surface area contributed by atoms with Crippen molar-refractivity contribution in [2.45, 2.75) is 30.0 Å². The molecule has 0 aliphatic carbocycles. The number of pyridine rings is 2. The van der Waals surface area contributed by atoms with Crippen LogP contribution in [0.1, 0.15) is 56.1 Å². The van der Waals surface area contributed by atoms with E-state index in [1.54, 1.807) is 24.8 Å². The van der Waals surface area contributed by atoms with E-state index in [4.69, 9.17) is 19.9 Å². The molecule has 13 nitrogen and oxygen atoms in total. The second kappa shape index (κ2) is 24.3. The molecule has 15 rings (SSSR count). The number of benzene rings is 9. The van der Waals surface area contributed by atoms with Gasteiger partial charge in [0, 0.05) is 59.5 Å². The van der Waals surface area contributed by atoms with Crippen molar-refractivity contribution in [1.29, 1.82) is 0 Å². The summed E-state index contributed by atoms with van der Waals surface area (Å²) in [5.41, 5.74) is 15.2. The number of ether oxygens (including phenoxy) is 1. The molecule has 4 aromatic heterocycles. The summed E-state index contributed by atoms with van der Waals surface area (Å²) in [7, 11) is 1.39. The first-order valence-electron chi connectivity index (χ1n) is 29.8. The van der Waals surface area contributed by atoms with E-state index in [0.29, 0.717) is 24.3 Å². The van der Waals surface area contributed by atoms with Gasteiger partial charge in [0.25, 0.3) is 5.91 Å². The molecule has 2 aliphatic heterocycles. The van der Waals surface area contributed by atoms with E-state index < -0.39 is 23.1 Å². The van der Waals surface area contributed by atoms with Crippen LogP contribution in [0, 0.1) is 0 Å². The SMILES string of the molecule is COC(=O)C1=Nc2cc3c(-c4ccncc4)nn(C(c4ccccc4)(c4ccccc4)c4ccccc4)c3cc2C1.O=C(N[C@H](CO)c1ccccc1)C1=Nc2cc3c(-c4ccncc4)nn(C(c4ccccc4)(c4ccccc4)c4ccccc4)c3cc2C1. The number of hydrogen-bond donors (Lipinski definition) is 2. The number of amides is 1. The zero-order valence-electron chi connectivity index (χ0n) is 49.1. The molecule has 0 spiro atoms. The fourth-order valence-corrected chi connectivity index (χ4v) is 12.9. The number of methoxy groups -OCH3 is 1. The summed E-state index contributed by atoms with van der Waals surface area (Å²) in [5.74, 6) is -0.709. The van der Waals surface area contributed by atoms with Crippen LogP contribution in [-0.4, -0.2) is 71.7 Å². The summed E-state index contributed by atoms with van der Waals surface area (Å²) in [6, 6.07) is 88.1. The van der Waals surface area contributed by atoms with Gasteiger partial charge in [-0.3, -0.25) is 14.8 Å². The molecular weight excluding hydrogens is 1110 g/mol. The van der Waals surface area contributed by atoms with Crippen LogP contribution in [0.3, 0.4) is 0 Å². The van der Waals surface area contributed by atoms with E-state index in [1.807, 2.05) is 97.1 Å². The molecule has 1 atom stereocenters. The van der Waals surface area contributed by atoms with Crippen LogP contribution in [0.15, 0.2) is 296 Å². The third kappa shape index (κ3) is 10.0. The number of aliphatic hydroxyl groups excluding tert-OH is 1. The molecule has 0 radical (unpaired) electrons. The first kappa shape index (κ1) is 56.3. The summed E-state index contributed by atoms with van der Waals surface area (Å²) in [6.07, 6.45) is 7.87. The third-order valence-electron chi connectivity index (χ3n) is 17.1. The summed E-state index contributed by atoms with van der Waals surface area (Å²) in [4.78, 5) is 44.0. The smallest absolute Gasteiger partial charge is 0.352 e. The van der Waals surface area contributed by atoms with Gasteiger partial charge in [-0.05, 0) is 98.6 Å². The van der Waals surface area contributed by atoms with Crippen molar-refractivity contribution in [1.82, 2.24) is 34.8 Å². The Balaban J connectivity index is 0.000000160. The second-order valence-electron chi connectivity index (χ2n) is 22.2. The summed E-state index contributed by atoms with van der Waals surface area (Å²) < 4.78 is 9.29. The molecule has 90 heavy (non-hydrogen) atoms. The van der Waals surface area contributed by atoms with Crippen LogP contribution >= 0.6 is 0 Å². The summed E-state index contributed by atoms with van der Waals surface area (Å²) >= 11 is 0. The van der Waals surface area contributed by atoms with Gasteiger partial charge in [0.2, 0.25) is 0 Å². The Bertz CT molecular complexity index is 4590. The van der Waals surface area contributed by atoms with Gasteiger partial charge in [-0.25, -0.2) is 24.1 Å². The number of nitrogens with one attached hydrogen (secondary N) is 1. The fourth-order valence-electron chi connectivity index (χ4n) is 12.9. The molecule has 2 aliphatic rings. The standard InChI is InChI=1S/C42H33N5O2.C35H26N4O2/c48-28-38(29-13-5-1-6-14-29)45-41(49)37-25-31-26-39-35(27-36(31)44-37)40(30-21-23-43-24-22-30)46-47(39)42(32-15-7-2-8-16-32,33-17-9-3-10-18-33)34-19-11-4-12-20-34;1-41-34(40)31-21-25-22-32-29(23-30(25)37-31)33(24-17-19-36-20-18-24)38-39(32)35(26-11-5-2-6-12-26,27-13-7-3-8-14-27)28-15-9-4-10-16-28/h1-24,26-27,38,48H,25,28H2,(H,45,49);2-20,22-23H,21H2,1H3/t38-;/m1./s1. The minimum absolute atomic E-state index is 0.217. The fraction of sp³-hybridized carbons (Fsp3) is 0.0909. The number of fused-ring (bicyclic) bond motifs is 4. The van der Waals surface area contributed by atoms with Crippen LogP contribution in [-0.2, 0) is 38.2 Å². The van der Waals surface area contributed by atoms with E-state index in [-0.39, 0.29) is 12.5 Å². The van der Waals surface area contributed by atoms with Crippen molar-refractivity contribution in [3.05, 3.63) is 336 Å². The van der Waals surface area contributed by atoms with Gasteiger partial charge in [0.15, 0.2) is 0 Å². The molecule has 1 amide bonds. The lowest BCUT2D eigenvalue weighted by Gasteiger charge is -2.37. The molecule has 6 heterocycles. The topological polar surface area (TPSA) is 162 Å². The number of carbonyl (C=O) groups is 2. The highest BCUT2D eigenvalue weighted by Gasteiger charge is 2.43. The molecule has 13 aromatic rings. The van der Waals surface area contributed by atoms with Crippen LogP contribution < -0.4 is 5.32 Å². The van der Waals surface area contributed by atoms with Crippen molar-refractivity contribution >= 4 is 56.5 Å². The zero-order chi connectivity index (χ0) is 61.0. The summed E-state index contributed by atoms with van der Waals surface area (Å²) in [5, 5.41) is 25.8. The van der Waals surface area contributed by atoms with Crippen LogP contribution in [0.4, 0.5) is 11.4 Å². The van der Waals surface area contributed by atoms with E-state index >= 15 is 0 Å². The predicted octanol–water partition coefficient (Wildman–Crippen LogP) is 14.2. The molecular formula is C77H59N9O4. The minimum atomic E-state index is -0.842. The molecule has 0 saturated carbocycles. The monoisotopic (exact) mass is 1170 g/mol. The average Bonchev–Trinajstić information content (AvgIpc) is 1.45. The lowest BCUT2D eigenvalue weighted by atomic mass is 9.77. The highest BCUT2D eigenvalue weighted by Crippen LogP contribution is 2.48. The van der Waals surface area contributed by atoms with Gasteiger partial charge in [-0.15, -0.1) is 0 Å². The molecule has 0 saturated heterocycles. The van der Waals surface area contributed by atoms with Crippen LogP contribution in [0.25, 0.3) is 44.3 Å². The van der Waals surface area contributed by atoms with Gasteiger partial charge in [0.05, 0.1) is 42.2 Å². The second-order valence-corrected chi connectivity index (χ2v) is 22.2. The van der Waals surface area contributed by atoms with Gasteiger partial charge in [-0.1, -0.05) is 212 Å². The van der Waals surface area contributed by atoms with Crippen molar-refractivity contribution in [3.63, 3.8) is 0 Å². The van der Waals surface area contributed by atoms with Crippen molar-refractivity contribution in [2.24, 2.45) is 9.98 Å². The molecule has 2 N–H and O–H groups in total. The maximum atomic E-state index is 13.6. The highest BCUT2D eigenvalue weighted by atomic mass is 16.5. The Morgan fingerprint density at radius 2 is 0.800 bits per heavy atom. The Morgan fingerprint density at radius 1 is 0.467 bits per heavy atom. The van der Waals surface area contributed by atoms with Crippen LogP contribution in [0.5, 0.6) is 0 Å². The average molecular weight is 1170 g/mol. The Morgan fingerprint density at radius 3 is 1.14 bits per heavy atom. The molecule has 13 heteroatoms. The molecule has 9 aromatic carbocycles. The Hall–Kier alpha value is -11.5. The number of hydrogen-bond acceptors (Lipinski definition) is 10. The molecule has 0 fully saturated rings. The minimum Gasteiger partial charge on any atom is -0.465 e. The number of aliphatic hydroxyl groups is 1. The number of aromatic nitrogens is 6. The van der Waals surface area contributed by atoms with Gasteiger partial charge < -0.3 is 15.2 Å². The quantitative estimate of drug-likeness (QED) is 0.0757. The number of esters is 1. The maximum Gasteiger partial charge on any atom is 0.352 e. The van der Waals surface area contributed by atoms with Crippen molar-refractivity contribution in [3.8, 4) is 22.5 Å². The lowest BCUT2D eigenvalue weighted by Crippen LogP contribution is -2.38. The number of rotatable bonds is 15. The first-order valence-corrected chi connectivity index (χ1v) is 29.8. The Labute approximate surface area is 520 Å². The molecule has 436 valence electrons. The van der Waals surface area contributed by atoms with Gasteiger partial charge in [0.1, 0.15) is 33.9 Å². The highest BCUT2D eigenvalue weighted by molar-refractivity contribution is 6.41. The van der Waals surface area contributed by atoms with Crippen molar-refractivity contribution in [2.75, 3.05) is 13.7 Å². The summed E-state index contributed by atoms with van der Waals surface area (Å²) in [6.45, 7) is -0.217. The predicted molar refractivity (Wildman–Crippen MR) is 353 cm³/mol. The van der Waals surface area contributed by atoms with E-state index in [0.717, 1.165) is 106 Å². The Kier molecular flexibility index (Phi) is 15.2. The first-order chi connectivity index (χ1) is 44.4. The molecule has 0 bridgehead atoms. The van der Waals surface area contributed by atoms with Crippen molar-refractivity contribution < 1.29 is 19.4 Å². The molecule has 0 unspecified atom stereocenters. The lowest BCUT2D eigenvalue weighted by molar-refractivity contribution is -0.132. The largest absolute Gasteiger partial charge is 0.465 e.